The average molecular weight is 202 g/mol. The van der Waals surface area contributed by atoms with Crippen LogP contribution < -0.4 is 11.3 Å². The van der Waals surface area contributed by atoms with Gasteiger partial charge in [-0.2, -0.15) is 0 Å². The first-order valence-electron chi connectivity index (χ1n) is 4.07. The van der Waals surface area contributed by atoms with E-state index in [4.69, 9.17) is 18.1 Å². The van der Waals surface area contributed by atoms with E-state index in [2.05, 4.69) is 5.43 Å². The lowest BCUT2D eigenvalue weighted by atomic mass is 10.0. The predicted molar refractivity (Wildman–Crippen MR) is 53.2 cm³/mol. The van der Waals surface area contributed by atoms with Crippen molar-refractivity contribution in [1.82, 2.24) is 15.4 Å². The minimum Gasteiger partial charge on any atom is -0.294 e. The van der Waals surface area contributed by atoms with Crippen LogP contribution in [0.3, 0.4) is 0 Å². The third-order valence-corrected chi connectivity index (χ3v) is 2.32. The number of carbonyl (C=O) groups is 1. The van der Waals surface area contributed by atoms with E-state index in [1.54, 1.807) is 12.1 Å². The van der Waals surface area contributed by atoms with Crippen molar-refractivity contribution in [2.45, 2.75) is 19.9 Å². The van der Waals surface area contributed by atoms with Crippen LogP contribution in [0.25, 0.3) is 0 Å². The van der Waals surface area contributed by atoms with E-state index in [1.807, 2.05) is 13.8 Å². The monoisotopic (exact) mass is 202 g/mol. The number of nitrogens with two attached hydrogens (primary N) is 1. The molecule has 1 unspecified atom stereocenters. The van der Waals surface area contributed by atoms with Crippen molar-refractivity contribution < 1.29 is 4.79 Å². The van der Waals surface area contributed by atoms with Gasteiger partial charge in [-0.05, 0) is 18.1 Å². The van der Waals surface area contributed by atoms with Crippen molar-refractivity contribution in [2.75, 3.05) is 7.05 Å². The molecule has 5 nitrogen and oxygen atoms in total. The van der Waals surface area contributed by atoms with E-state index in [9.17, 15) is 4.79 Å². The van der Waals surface area contributed by atoms with Crippen molar-refractivity contribution in [3.63, 3.8) is 0 Å². The Hall–Kier alpha value is -0.720. The molecule has 1 saturated heterocycles. The fraction of sp³-hybridized carbons (Fsp3) is 0.714. The van der Waals surface area contributed by atoms with Gasteiger partial charge in [-0.3, -0.25) is 10.2 Å². The Kier molecular flexibility index (Phi) is 2.84. The second-order valence-electron chi connectivity index (χ2n) is 3.42. The highest BCUT2D eigenvalue weighted by Crippen LogP contribution is 2.13. The number of likely N-dealkylation sites (N-methyl/N-ethyl adjacent to an activating group) is 1. The van der Waals surface area contributed by atoms with Gasteiger partial charge in [-0.15, -0.1) is 0 Å². The summed E-state index contributed by atoms with van der Waals surface area (Å²) in [7, 11) is 1.78. The van der Waals surface area contributed by atoms with Crippen LogP contribution in [0.4, 0.5) is 0 Å². The lowest BCUT2D eigenvalue weighted by molar-refractivity contribution is -0.138. The first-order chi connectivity index (χ1) is 5.95. The van der Waals surface area contributed by atoms with Crippen molar-refractivity contribution in [3.8, 4) is 0 Å². The predicted octanol–water partition coefficient (Wildman–Crippen LogP) is -0.552. The van der Waals surface area contributed by atoms with Crippen LogP contribution in [0.15, 0.2) is 0 Å². The molecule has 1 atom stereocenters. The zero-order valence-corrected chi connectivity index (χ0v) is 8.76. The van der Waals surface area contributed by atoms with Crippen molar-refractivity contribution in [2.24, 2.45) is 11.8 Å². The maximum atomic E-state index is 11.6. The van der Waals surface area contributed by atoms with E-state index < -0.39 is 0 Å². The normalized spacial score (nSPS) is 25.3. The highest BCUT2D eigenvalue weighted by Gasteiger charge is 2.36. The van der Waals surface area contributed by atoms with Crippen molar-refractivity contribution in [1.29, 1.82) is 0 Å². The summed E-state index contributed by atoms with van der Waals surface area (Å²) in [5.74, 6) is 5.49. The van der Waals surface area contributed by atoms with Gasteiger partial charge < -0.3 is 0 Å². The smallest absolute Gasteiger partial charge is 0.262 e. The Morgan fingerprint density at radius 3 is 2.62 bits per heavy atom. The summed E-state index contributed by atoms with van der Waals surface area (Å²) in [6.45, 7) is 3.92. The van der Waals surface area contributed by atoms with E-state index in [-0.39, 0.29) is 23.0 Å². The summed E-state index contributed by atoms with van der Waals surface area (Å²) in [5, 5.41) is 2.92. The number of nitrogens with zero attached hydrogens (tertiary/aromatic N) is 2. The van der Waals surface area contributed by atoms with Gasteiger partial charge in [-0.25, -0.2) is 15.9 Å². The van der Waals surface area contributed by atoms with Crippen LogP contribution in [0.1, 0.15) is 13.8 Å². The summed E-state index contributed by atoms with van der Waals surface area (Å²) in [4.78, 5) is 11.6. The van der Waals surface area contributed by atoms with Crippen molar-refractivity contribution in [3.05, 3.63) is 0 Å². The molecule has 0 aliphatic carbocycles. The Labute approximate surface area is 82.8 Å². The van der Waals surface area contributed by atoms with Crippen LogP contribution in [0.5, 0.6) is 0 Å². The molecule has 0 radical (unpaired) electrons. The van der Waals surface area contributed by atoms with Crippen molar-refractivity contribution >= 4 is 23.2 Å². The molecule has 0 saturated carbocycles. The molecule has 1 amide bonds. The second kappa shape index (κ2) is 3.57. The van der Waals surface area contributed by atoms with E-state index in [0.717, 1.165) is 5.01 Å². The molecule has 1 rings (SSSR count). The topological polar surface area (TPSA) is 61.6 Å². The number of amides is 1. The standard InChI is InChI=1S/C7H14N4OS/c1-4(2)5-6(12)11(8)7(13)9-10(5)3/h4-5H,8H2,1-3H3,(H,9,13). The Balaban J connectivity index is 2.86. The van der Waals surface area contributed by atoms with Gasteiger partial charge in [0.1, 0.15) is 6.04 Å². The minimum absolute atomic E-state index is 0.166. The molecule has 6 heteroatoms. The van der Waals surface area contributed by atoms with Gasteiger partial charge in [0.25, 0.3) is 5.91 Å². The summed E-state index contributed by atoms with van der Waals surface area (Å²) in [6.07, 6.45) is 0. The Morgan fingerprint density at radius 2 is 2.15 bits per heavy atom. The average Bonchev–Trinajstić information content (AvgIpc) is 1.99. The number of nitrogens with one attached hydrogen (secondary N) is 1. The first kappa shape index (κ1) is 10.4. The van der Waals surface area contributed by atoms with Gasteiger partial charge in [0.05, 0.1) is 0 Å². The van der Waals surface area contributed by atoms with Gasteiger partial charge in [-0.1, -0.05) is 13.8 Å². The van der Waals surface area contributed by atoms with Crippen LogP contribution >= 0.6 is 12.2 Å². The van der Waals surface area contributed by atoms with E-state index in [1.165, 1.54) is 0 Å². The highest BCUT2D eigenvalue weighted by molar-refractivity contribution is 7.80. The first-order valence-corrected chi connectivity index (χ1v) is 4.48. The van der Waals surface area contributed by atoms with Gasteiger partial charge in [0.2, 0.25) is 5.11 Å². The van der Waals surface area contributed by atoms with Gasteiger partial charge in [0.15, 0.2) is 0 Å². The molecule has 0 aromatic carbocycles. The SMILES string of the molecule is CC(C)C1C(=O)N(N)C(=S)NN1C. The summed E-state index contributed by atoms with van der Waals surface area (Å²) in [6, 6.07) is -0.253. The number of hydrogen-bond acceptors (Lipinski definition) is 4. The quantitative estimate of drug-likeness (QED) is 0.339. The number of hydrogen-bond donors (Lipinski definition) is 2. The summed E-state index contributed by atoms with van der Waals surface area (Å²) >= 11 is 4.85. The molecule has 0 aromatic rings. The minimum atomic E-state index is -0.253. The summed E-state index contributed by atoms with van der Waals surface area (Å²) < 4.78 is 0. The zero-order chi connectivity index (χ0) is 10.2. The van der Waals surface area contributed by atoms with Crippen LogP contribution in [0, 0.1) is 5.92 Å². The highest BCUT2D eigenvalue weighted by atomic mass is 32.1. The third kappa shape index (κ3) is 1.79. The van der Waals surface area contributed by atoms with Crippen LogP contribution in [-0.2, 0) is 4.79 Å². The van der Waals surface area contributed by atoms with Crippen LogP contribution in [-0.4, -0.2) is 34.1 Å². The fourth-order valence-electron chi connectivity index (χ4n) is 1.41. The molecule has 0 spiro atoms. The number of thiocarbonyl (C=S) groups is 1. The van der Waals surface area contributed by atoms with Gasteiger partial charge >= 0.3 is 0 Å². The molecule has 1 fully saturated rings. The van der Waals surface area contributed by atoms with Crippen LogP contribution in [0.2, 0.25) is 0 Å². The number of carbonyl (C=O) groups excluding carboxylic acids is 1. The molecule has 3 N–H and O–H groups in total. The van der Waals surface area contributed by atoms with E-state index >= 15 is 0 Å². The molecule has 0 aromatic heterocycles. The molecular formula is C7H14N4OS. The molecule has 13 heavy (non-hydrogen) atoms. The molecule has 74 valence electrons. The third-order valence-electron chi connectivity index (χ3n) is 2.03. The number of rotatable bonds is 1. The fourth-order valence-corrected chi connectivity index (χ4v) is 1.65. The lowest BCUT2D eigenvalue weighted by Crippen LogP contribution is -2.67. The molecule has 1 aliphatic heterocycles. The Morgan fingerprint density at radius 1 is 1.62 bits per heavy atom. The number of hydrazine groups is 2. The maximum absolute atomic E-state index is 11.6. The Bertz CT molecular complexity index is 243. The molecule has 1 aliphatic rings. The largest absolute Gasteiger partial charge is 0.294 e. The second-order valence-corrected chi connectivity index (χ2v) is 3.81. The molecule has 0 bridgehead atoms. The van der Waals surface area contributed by atoms with E-state index in [0.29, 0.717) is 0 Å². The molecule has 1 heterocycles. The van der Waals surface area contributed by atoms with Gasteiger partial charge in [0, 0.05) is 7.05 Å². The summed E-state index contributed by atoms with van der Waals surface area (Å²) in [5.41, 5.74) is 2.84. The maximum Gasteiger partial charge on any atom is 0.262 e. The lowest BCUT2D eigenvalue weighted by Gasteiger charge is -2.39. The molecular weight excluding hydrogens is 188 g/mol. The zero-order valence-electron chi connectivity index (χ0n) is 7.94.